The largest absolute Gasteiger partial charge is 0.368 e. The number of nitrogens with one attached hydrogen (secondary N) is 2. The van der Waals surface area contributed by atoms with E-state index < -0.39 is 0 Å². The molecule has 2 N–H and O–H groups in total. The number of benzene rings is 2. The quantitative estimate of drug-likeness (QED) is 0.554. The lowest BCUT2D eigenvalue weighted by Gasteiger charge is -2.08. The number of hydrogen-bond donors (Lipinski definition) is 2. The lowest BCUT2D eigenvalue weighted by molar-refractivity contribution is 0.841. The van der Waals surface area contributed by atoms with Crippen molar-refractivity contribution in [1.29, 1.82) is 0 Å². The molecule has 0 amide bonds. The molecule has 0 unspecified atom stereocenters. The predicted octanol–water partition coefficient (Wildman–Crippen LogP) is 4.22. The van der Waals surface area contributed by atoms with Gasteiger partial charge in [0.1, 0.15) is 0 Å². The average molecular weight is 368 g/mol. The summed E-state index contributed by atoms with van der Waals surface area (Å²) in [5.41, 5.74) is 2.56. The Labute approximate surface area is 158 Å². The summed E-state index contributed by atoms with van der Waals surface area (Å²) in [5.74, 6) is 1.27. The second kappa shape index (κ2) is 9.73. The molecule has 0 fully saturated rings. The van der Waals surface area contributed by atoms with E-state index in [1.807, 2.05) is 30.3 Å². The fourth-order valence-electron chi connectivity index (χ4n) is 2.59. The molecule has 0 aliphatic heterocycles. The first kappa shape index (κ1) is 18.1. The van der Waals surface area contributed by atoms with Crippen LogP contribution in [0.5, 0.6) is 0 Å². The molecule has 6 heteroatoms. The highest BCUT2D eigenvalue weighted by Gasteiger charge is 2.01. The molecule has 3 aromatic rings. The summed E-state index contributed by atoms with van der Waals surface area (Å²) in [6.45, 7) is 1.58. The predicted molar refractivity (Wildman–Crippen MR) is 107 cm³/mol. The third-order valence-electron chi connectivity index (χ3n) is 3.96. The summed E-state index contributed by atoms with van der Waals surface area (Å²) in [7, 11) is 0. The number of halogens is 1. The second-order valence-electron chi connectivity index (χ2n) is 5.98. The summed E-state index contributed by atoms with van der Waals surface area (Å²) in [4.78, 5) is 4.45. The zero-order valence-electron chi connectivity index (χ0n) is 14.5. The van der Waals surface area contributed by atoms with Crippen molar-refractivity contribution in [2.24, 2.45) is 0 Å². The van der Waals surface area contributed by atoms with E-state index in [-0.39, 0.29) is 0 Å². The van der Waals surface area contributed by atoms with Crippen LogP contribution in [0, 0.1) is 0 Å². The summed E-state index contributed by atoms with van der Waals surface area (Å²) < 4.78 is 0. The fourth-order valence-corrected chi connectivity index (χ4v) is 2.71. The van der Waals surface area contributed by atoms with E-state index in [0.717, 1.165) is 43.2 Å². The number of aromatic nitrogens is 3. The Morgan fingerprint density at radius 1 is 0.808 bits per heavy atom. The van der Waals surface area contributed by atoms with Gasteiger partial charge in [0, 0.05) is 18.1 Å². The first-order valence-electron chi connectivity index (χ1n) is 8.75. The lowest BCUT2D eigenvalue weighted by Crippen LogP contribution is -2.11. The SMILES string of the molecule is Clc1ccc(CCNc2cnnc(NCCCc3ccccc3)n2)cc1. The van der Waals surface area contributed by atoms with Crippen molar-refractivity contribution in [2.45, 2.75) is 19.3 Å². The van der Waals surface area contributed by atoms with Gasteiger partial charge >= 0.3 is 0 Å². The van der Waals surface area contributed by atoms with E-state index in [1.165, 1.54) is 11.1 Å². The summed E-state index contributed by atoms with van der Waals surface area (Å²) in [5, 5.41) is 15.3. The first-order chi connectivity index (χ1) is 12.8. The summed E-state index contributed by atoms with van der Waals surface area (Å²) in [6.07, 6.45) is 4.57. The highest BCUT2D eigenvalue weighted by atomic mass is 35.5. The van der Waals surface area contributed by atoms with Crippen LogP contribution in [0.25, 0.3) is 0 Å². The Bertz CT molecular complexity index is 793. The van der Waals surface area contributed by atoms with Crippen LogP contribution >= 0.6 is 11.6 Å². The van der Waals surface area contributed by atoms with Gasteiger partial charge in [-0.25, -0.2) is 0 Å². The maximum Gasteiger partial charge on any atom is 0.244 e. The molecule has 0 radical (unpaired) electrons. The smallest absolute Gasteiger partial charge is 0.244 e. The number of hydrogen-bond acceptors (Lipinski definition) is 5. The standard InChI is InChI=1S/C20H22ClN5/c21-18-10-8-17(9-11-18)12-14-22-19-15-24-26-20(25-19)23-13-4-7-16-5-2-1-3-6-16/h1-3,5-6,8-11,15H,4,7,12-14H2,(H2,22,23,25,26). The monoisotopic (exact) mass is 367 g/mol. The van der Waals surface area contributed by atoms with Gasteiger partial charge in [0.25, 0.3) is 0 Å². The van der Waals surface area contributed by atoms with E-state index >= 15 is 0 Å². The van der Waals surface area contributed by atoms with Crippen molar-refractivity contribution >= 4 is 23.4 Å². The molecule has 0 saturated carbocycles. The number of anilines is 2. The molecule has 0 saturated heterocycles. The van der Waals surface area contributed by atoms with Crippen molar-refractivity contribution in [3.8, 4) is 0 Å². The minimum Gasteiger partial charge on any atom is -0.368 e. The van der Waals surface area contributed by atoms with Crippen LogP contribution in [0.3, 0.4) is 0 Å². The van der Waals surface area contributed by atoms with Gasteiger partial charge in [-0.15, -0.1) is 5.10 Å². The van der Waals surface area contributed by atoms with Crippen molar-refractivity contribution < 1.29 is 0 Å². The van der Waals surface area contributed by atoms with Crippen molar-refractivity contribution in [3.63, 3.8) is 0 Å². The molecule has 0 bridgehead atoms. The number of aryl methyl sites for hydroxylation is 1. The van der Waals surface area contributed by atoms with Crippen LogP contribution < -0.4 is 10.6 Å². The van der Waals surface area contributed by atoms with Crippen LogP contribution in [0.2, 0.25) is 5.02 Å². The van der Waals surface area contributed by atoms with Gasteiger partial charge in [0.2, 0.25) is 5.95 Å². The third-order valence-corrected chi connectivity index (χ3v) is 4.21. The normalized spacial score (nSPS) is 10.5. The molecule has 0 aliphatic carbocycles. The van der Waals surface area contributed by atoms with Crippen molar-refractivity contribution in [3.05, 3.63) is 76.9 Å². The average Bonchev–Trinajstić information content (AvgIpc) is 2.68. The zero-order chi connectivity index (χ0) is 18.0. The van der Waals surface area contributed by atoms with Gasteiger partial charge in [0.15, 0.2) is 5.82 Å². The Kier molecular flexibility index (Phi) is 6.79. The van der Waals surface area contributed by atoms with E-state index in [4.69, 9.17) is 11.6 Å². The van der Waals surface area contributed by atoms with Crippen LogP contribution in [-0.4, -0.2) is 28.3 Å². The van der Waals surface area contributed by atoms with Gasteiger partial charge in [-0.2, -0.15) is 10.1 Å². The molecule has 2 aromatic carbocycles. The Hall–Kier alpha value is -2.66. The highest BCUT2D eigenvalue weighted by molar-refractivity contribution is 6.30. The van der Waals surface area contributed by atoms with Gasteiger partial charge in [0.05, 0.1) is 6.20 Å². The van der Waals surface area contributed by atoms with Crippen LogP contribution in [0.1, 0.15) is 17.5 Å². The molecule has 0 atom stereocenters. The molecule has 26 heavy (non-hydrogen) atoms. The number of nitrogens with zero attached hydrogens (tertiary/aromatic N) is 3. The van der Waals surface area contributed by atoms with Crippen LogP contribution in [0.4, 0.5) is 11.8 Å². The minimum absolute atomic E-state index is 0.551. The second-order valence-corrected chi connectivity index (χ2v) is 6.42. The van der Waals surface area contributed by atoms with Gasteiger partial charge in [-0.1, -0.05) is 54.1 Å². The summed E-state index contributed by atoms with van der Waals surface area (Å²) >= 11 is 5.90. The highest BCUT2D eigenvalue weighted by Crippen LogP contribution is 2.10. The molecular weight excluding hydrogens is 346 g/mol. The Morgan fingerprint density at radius 2 is 1.58 bits per heavy atom. The third kappa shape index (κ3) is 6.01. The summed E-state index contributed by atoms with van der Waals surface area (Å²) in [6, 6.07) is 18.3. The minimum atomic E-state index is 0.551. The Balaban J connectivity index is 1.40. The molecule has 1 aromatic heterocycles. The molecule has 3 rings (SSSR count). The van der Waals surface area contributed by atoms with Gasteiger partial charge < -0.3 is 10.6 Å². The van der Waals surface area contributed by atoms with Gasteiger partial charge in [-0.05, 0) is 42.5 Å². The van der Waals surface area contributed by atoms with Crippen LogP contribution in [-0.2, 0) is 12.8 Å². The fraction of sp³-hybridized carbons (Fsp3) is 0.250. The molecule has 5 nitrogen and oxygen atoms in total. The maximum absolute atomic E-state index is 5.90. The Morgan fingerprint density at radius 3 is 2.38 bits per heavy atom. The number of rotatable bonds is 9. The molecule has 1 heterocycles. The molecular formula is C20H22ClN5. The van der Waals surface area contributed by atoms with Crippen LogP contribution in [0.15, 0.2) is 60.8 Å². The molecule has 134 valence electrons. The molecule has 0 aliphatic rings. The van der Waals surface area contributed by atoms with Gasteiger partial charge in [-0.3, -0.25) is 0 Å². The van der Waals surface area contributed by atoms with E-state index in [9.17, 15) is 0 Å². The van der Waals surface area contributed by atoms with Crippen molar-refractivity contribution in [1.82, 2.24) is 15.2 Å². The zero-order valence-corrected chi connectivity index (χ0v) is 15.3. The van der Waals surface area contributed by atoms with Crippen molar-refractivity contribution in [2.75, 3.05) is 23.7 Å². The topological polar surface area (TPSA) is 62.7 Å². The van der Waals surface area contributed by atoms with E-state index in [1.54, 1.807) is 6.20 Å². The van der Waals surface area contributed by atoms with E-state index in [0.29, 0.717) is 5.95 Å². The first-order valence-corrected chi connectivity index (χ1v) is 9.13. The molecule has 0 spiro atoms. The van der Waals surface area contributed by atoms with E-state index in [2.05, 4.69) is 50.1 Å². The lowest BCUT2D eigenvalue weighted by atomic mass is 10.1. The maximum atomic E-state index is 5.90.